The van der Waals surface area contributed by atoms with Crippen LogP contribution in [0.15, 0.2) is 47.1 Å². The van der Waals surface area contributed by atoms with E-state index in [0.717, 1.165) is 17.9 Å². The predicted molar refractivity (Wildman–Crippen MR) is 68.5 cm³/mol. The van der Waals surface area contributed by atoms with Gasteiger partial charge in [-0.3, -0.25) is 10.1 Å². The zero-order chi connectivity index (χ0) is 13.0. The first-order valence-electron chi connectivity index (χ1n) is 5.75. The fourth-order valence-electron chi connectivity index (χ4n) is 1.74. The molecular weight excluding hydrogens is 232 g/mol. The Kier molecular flexibility index (Phi) is 3.62. The van der Waals surface area contributed by atoms with Crippen molar-refractivity contribution in [2.24, 2.45) is 0 Å². The molecule has 0 bridgehead atoms. The van der Waals surface area contributed by atoms with Crippen molar-refractivity contribution in [2.75, 3.05) is 5.32 Å². The molecule has 1 atom stereocenters. The number of furan rings is 1. The van der Waals surface area contributed by atoms with Gasteiger partial charge in [0.15, 0.2) is 0 Å². The summed E-state index contributed by atoms with van der Waals surface area (Å²) in [5.74, 6) is 0.857. The monoisotopic (exact) mass is 246 g/mol. The summed E-state index contributed by atoms with van der Waals surface area (Å²) in [6, 6.07) is 10.2. The van der Waals surface area contributed by atoms with Crippen molar-refractivity contribution in [3.63, 3.8) is 0 Å². The number of benzene rings is 1. The van der Waals surface area contributed by atoms with Crippen LogP contribution in [0.4, 0.5) is 11.4 Å². The maximum absolute atomic E-state index is 10.5. The van der Waals surface area contributed by atoms with Crippen molar-refractivity contribution in [3.05, 3.63) is 58.5 Å². The Bertz CT molecular complexity index is 506. The number of rotatable bonds is 5. The van der Waals surface area contributed by atoms with Crippen LogP contribution in [0.25, 0.3) is 0 Å². The van der Waals surface area contributed by atoms with E-state index in [1.165, 1.54) is 12.1 Å². The summed E-state index contributed by atoms with van der Waals surface area (Å²) in [7, 11) is 0. The van der Waals surface area contributed by atoms with Gasteiger partial charge in [-0.05, 0) is 30.7 Å². The van der Waals surface area contributed by atoms with Gasteiger partial charge in [0.2, 0.25) is 0 Å². The molecule has 94 valence electrons. The first-order chi connectivity index (χ1) is 8.70. The molecule has 0 aliphatic rings. The lowest BCUT2D eigenvalue weighted by atomic mass is 10.1. The third-order valence-electron chi connectivity index (χ3n) is 2.71. The van der Waals surface area contributed by atoms with Crippen LogP contribution < -0.4 is 5.32 Å². The van der Waals surface area contributed by atoms with Gasteiger partial charge in [0.25, 0.3) is 5.69 Å². The average Bonchev–Trinajstić information content (AvgIpc) is 2.90. The SMILES string of the molecule is CCC(Nc1ccc([N+](=O)[O-])cc1)c1ccco1. The summed E-state index contributed by atoms with van der Waals surface area (Å²) in [4.78, 5) is 10.1. The Labute approximate surface area is 105 Å². The van der Waals surface area contributed by atoms with E-state index in [9.17, 15) is 10.1 Å². The molecule has 0 amide bonds. The highest BCUT2D eigenvalue weighted by Gasteiger charge is 2.12. The summed E-state index contributed by atoms with van der Waals surface area (Å²) in [6.45, 7) is 2.05. The van der Waals surface area contributed by atoms with Crippen LogP contribution in [0.5, 0.6) is 0 Å². The largest absolute Gasteiger partial charge is 0.467 e. The molecule has 1 heterocycles. The minimum absolute atomic E-state index is 0.0708. The quantitative estimate of drug-likeness (QED) is 0.644. The number of nitrogens with zero attached hydrogens (tertiary/aromatic N) is 1. The number of nitro groups is 1. The van der Waals surface area contributed by atoms with E-state index in [4.69, 9.17) is 4.42 Å². The normalized spacial score (nSPS) is 12.1. The summed E-state index contributed by atoms with van der Waals surface area (Å²) in [6.07, 6.45) is 2.50. The summed E-state index contributed by atoms with van der Waals surface area (Å²) in [5.41, 5.74) is 0.926. The molecule has 0 saturated carbocycles. The molecule has 2 aromatic rings. The standard InChI is InChI=1S/C13H14N2O3/c1-2-12(13-4-3-9-18-13)14-10-5-7-11(8-6-10)15(16)17/h3-9,12,14H,2H2,1H3. The number of nitro benzene ring substituents is 1. The Morgan fingerprint density at radius 2 is 2.06 bits per heavy atom. The Hall–Kier alpha value is -2.30. The van der Waals surface area contributed by atoms with Crippen molar-refractivity contribution < 1.29 is 9.34 Å². The summed E-state index contributed by atoms with van der Waals surface area (Å²) >= 11 is 0. The molecule has 1 aromatic carbocycles. The highest BCUT2D eigenvalue weighted by Crippen LogP contribution is 2.24. The topological polar surface area (TPSA) is 68.3 Å². The van der Waals surface area contributed by atoms with Gasteiger partial charge in [-0.25, -0.2) is 0 Å². The van der Waals surface area contributed by atoms with Gasteiger partial charge in [0, 0.05) is 17.8 Å². The van der Waals surface area contributed by atoms with Gasteiger partial charge in [0.1, 0.15) is 5.76 Å². The van der Waals surface area contributed by atoms with Crippen LogP contribution in [0.1, 0.15) is 25.1 Å². The number of non-ortho nitro benzene ring substituents is 1. The van der Waals surface area contributed by atoms with E-state index in [1.807, 2.05) is 19.1 Å². The highest BCUT2D eigenvalue weighted by atomic mass is 16.6. The second kappa shape index (κ2) is 5.35. The molecule has 1 N–H and O–H groups in total. The summed E-state index contributed by atoms with van der Waals surface area (Å²) < 4.78 is 5.35. The fraction of sp³-hybridized carbons (Fsp3) is 0.231. The van der Waals surface area contributed by atoms with Crippen molar-refractivity contribution >= 4 is 11.4 Å². The number of nitrogens with one attached hydrogen (secondary N) is 1. The lowest BCUT2D eigenvalue weighted by molar-refractivity contribution is -0.384. The summed E-state index contributed by atoms with van der Waals surface area (Å²) in [5, 5.41) is 13.8. The third-order valence-corrected chi connectivity index (χ3v) is 2.71. The molecule has 0 spiro atoms. The van der Waals surface area contributed by atoms with Crippen molar-refractivity contribution in [2.45, 2.75) is 19.4 Å². The Balaban J connectivity index is 2.10. The predicted octanol–water partition coefficient (Wildman–Crippen LogP) is 3.75. The molecule has 18 heavy (non-hydrogen) atoms. The van der Waals surface area contributed by atoms with Gasteiger partial charge in [-0.2, -0.15) is 0 Å². The lowest BCUT2D eigenvalue weighted by Gasteiger charge is -2.15. The van der Waals surface area contributed by atoms with Crippen LogP contribution in [-0.4, -0.2) is 4.92 Å². The second-order valence-electron chi connectivity index (χ2n) is 3.92. The molecule has 0 radical (unpaired) electrons. The van der Waals surface area contributed by atoms with Crippen LogP contribution in [0.3, 0.4) is 0 Å². The van der Waals surface area contributed by atoms with Gasteiger partial charge in [0.05, 0.1) is 17.2 Å². The second-order valence-corrected chi connectivity index (χ2v) is 3.92. The molecule has 5 nitrogen and oxygen atoms in total. The smallest absolute Gasteiger partial charge is 0.269 e. The minimum atomic E-state index is -0.409. The van der Waals surface area contributed by atoms with Gasteiger partial charge >= 0.3 is 0 Å². The van der Waals surface area contributed by atoms with Crippen LogP contribution in [0.2, 0.25) is 0 Å². The van der Waals surface area contributed by atoms with E-state index in [-0.39, 0.29) is 11.7 Å². The van der Waals surface area contributed by atoms with E-state index in [1.54, 1.807) is 18.4 Å². The molecule has 2 rings (SSSR count). The first kappa shape index (κ1) is 12.2. The zero-order valence-electron chi connectivity index (χ0n) is 10.00. The van der Waals surface area contributed by atoms with Crippen LogP contribution in [-0.2, 0) is 0 Å². The van der Waals surface area contributed by atoms with Crippen LogP contribution >= 0.6 is 0 Å². The fourth-order valence-corrected chi connectivity index (χ4v) is 1.74. The molecular formula is C13H14N2O3. The van der Waals surface area contributed by atoms with Gasteiger partial charge in [-0.1, -0.05) is 6.92 Å². The first-order valence-corrected chi connectivity index (χ1v) is 5.75. The molecule has 5 heteroatoms. The zero-order valence-corrected chi connectivity index (χ0v) is 10.00. The average molecular weight is 246 g/mol. The highest BCUT2D eigenvalue weighted by molar-refractivity contribution is 5.49. The number of hydrogen-bond donors (Lipinski definition) is 1. The van der Waals surface area contributed by atoms with Crippen molar-refractivity contribution in [1.82, 2.24) is 0 Å². The van der Waals surface area contributed by atoms with Crippen molar-refractivity contribution in [3.8, 4) is 0 Å². The lowest BCUT2D eigenvalue weighted by Crippen LogP contribution is -2.08. The molecule has 0 aliphatic carbocycles. The maximum atomic E-state index is 10.5. The molecule has 0 saturated heterocycles. The third kappa shape index (κ3) is 2.68. The van der Waals surface area contributed by atoms with E-state index >= 15 is 0 Å². The Morgan fingerprint density at radius 1 is 1.33 bits per heavy atom. The number of anilines is 1. The van der Waals surface area contributed by atoms with Gasteiger partial charge < -0.3 is 9.73 Å². The maximum Gasteiger partial charge on any atom is 0.269 e. The molecule has 0 aliphatic heterocycles. The van der Waals surface area contributed by atoms with E-state index in [0.29, 0.717) is 0 Å². The number of hydrogen-bond acceptors (Lipinski definition) is 4. The van der Waals surface area contributed by atoms with Crippen LogP contribution in [0, 0.1) is 10.1 Å². The molecule has 1 unspecified atom stereocenters. The van der Waals surface area contributed by atoms with E-state index < -0.39 is 4.92 Å². The van der Waals surface area contributed by atoms with E-state index in [2.05, 4.69) is 5.32 Å². The van der Waals surface area contributed by atoms with Gasteiger partial charge in [-0.15, -0.1) is 0 Å². The Morgan fingerprint density at radius 3 is 2.56 bits per heavy atom. The van der Waals surface area contributed by atoms with Crippen molar-refractivity contribution in [1.29, 1.82) is 0 Å². The molecule has 1 aromatic heterocycles. The molecule has 0 fully saturated rings. The minimum Gasteiger partial charge on any atom is -0.467 e.